The topological polar surface area (TPSA) is 246 Å². The minimum Gasteiger partial charge on any atom is -0.491 e. The van der Waals surface area contributed by atoms with E-state index < -0.39 is 77.0 Å². The summed E-state index contributed by atoms with van der Waals surface area (Å²) in [5.41, 5.74) is 6.80. The fraction of sp³-hybridized carbons (Fsp3) is 0.271. The van der Waals surface area contributed by atoms with Gasteiger partial charge in [-0.3, -0.25) is 34.3 Å². The maximum Gasteiger partial charge on any atom is 0.421 e. The molecule has 5 aliphatic heterocycles. The van der Waals surface area contributed by atoms with Gasteiger partial charge in [0, 0.05) is 50.4 Å². The summed E-state index contributed by atoms with van der Waals surface area (Å²) in [6, 6.07) is 37.0. The molecule has 0 radical (unpaired) electrons. The van der Waals surface area contributed by atoms with E-state index in [-0.39, 0.29) is 56.6 Å². The highest BCUT2D eigenvalue weighted by molar-refractivity contribution is 6.23. The second kappa shape index (κ2) is 22.0. The van der Waals surface area contributed by atoms with Crippen molar-refractivity contribution in [2.24, 2.45) is 11.7 Å². The zero-order chi connectivity index (χ0) is 54.8. The summed E-state index contributed by atoms with van der Waals surface area (Å²) >= 11 is 0. The van der Waals surface area contributed by atoms with Gasteiger partial charge in [0.05, 0.1) is 41.8 Å². The third-order valence-corrected chi connectivity index (χ3v) is 15.1. The number of primary amides is 1. The van der Waals surface area contributed by atoms with Crippen molar-refractivity contribution in [2.45, 2.75) is 42.8 Å². The standard InChI is InChI=1S/C59H53N7O13/c60-57(71)61-25-7-8-37-15-23-46-45(32-37)59(56(70)64(46)58(72)76-35-38-13-19-43(20-14-38)66(73)74)49(54(68)63-28-26-62(27-29-63)34-39-16-24-47-48(33-39)78-36-77-47)51-55(69)79-52(41-11-5-2-6-12-41)50(40-9-3-1-4-10-40)65(51)53(59)42-17-21-44(22-18-42)75-31-30-67/h1-6,9-24,32-33,49-53,67H,25-31,34-36H2,(H3,60,61,71)/t49-,50-,51-,52+,53+,59-/m1/s1. The number of ether oxygens (including phenoxy) is 5. The molecule has 0 bridgehead atoms. The number of nitro benzene ring substituents is 1. The Balaban J connectivity index is 1.10. The molecular weight excluding hydrogens is 1010 g/mol. The highest BCUT2D eigenvalue weighted by Crippen LogP contribution is 2.66. The van der Waals surface area contributed by atoms with E-state index in [9.17, 15) is 20.0 Å². The van der Waals surface area contributed by atoms with Crippen molar-refractivity contribution < 1.29 is 57.7 Å². The Bertz CT molecular complexity index is 3380. The molecule has 6 aromatic carbocycles. The summed E-state index contributed by atoms with van der Waals surface area (Å²) in [6.45, 7) is 1.13. The Labute approximate surface area is 453 Å². The number of nitrogens with zero attached hydrogens (tertiary/aromatic N) is 5. The van der Waals surface area contributed by atoms with Crippen LogP contribution in [-0.2, 0) is 42.4 Å². The van der Waals surface area contributed by atoms with Crippen LogP contribution in [0.5, 0.6) is 17.2 Å². The van der Waals surface area contributed by atoms with Crippen molar-refractivity contribution in [3.8, 4) is 29.1 Å². The molecule has 4 N–H and O–H groups in total. The summed E-state index contributed by atoms with van der Waals surface area (Å²) in [5.74, 6) is 3.87. The molecule has 402 valence electrons. The van der Waals surface area contributed by atoms with E-state index in [1.54, 1.807) is 41.3 Å². The van der Waals surface area contributed by atoms with Gasteiger partial charge in [0.1, 0.15) is 36.5 Å². The molecule has 5 amide bonds. The minimum atomic E-state index is -2.15. The predicted octanol–water partition coefficient (Wildman–Crippen LogP) is 6.06. The number of rotatable bonds is 13. The summed E-state index contributed by atoms with van der Waals surface area (Å²) in [5, 5.41) is 23.6. The number of benzene rings is 6. The summed E-state index contributed by atoms with van der Waals surface area (Å²) in [4.78, 5) is 93.3. The molecule has 0 aromatic heterocycles. The molecule has 5 heterocycles. The lowest BCUT2D eigenvalue weighted by atomic mass is 9.65. The largest absolute Gasteiger partial charge is 0.491 e. The van der Waals surface area contributed by atoms with E-state index in [2.05, 4.69) is 22.1 Å². The fourth-order valence-electron chi connectivity index (χ4n) is 11.7. The zero-order valence-electron chi connectivity index (χ0n) is 42.5. The van der Waals surface area contributed by atoms with Crippen molar-refractivity contribution in [1.29, 1.82) is 0 Å². The first-order valence-electron chi connectivity index (χ1n) is 25.7. The second-order valence-corrected chi connectivity index (χ2v) is 19.6. The van der Waals surface area contributed by atoms with Gasteiger partial charge in [-0.1, -0.05) is 90.7 Å². The number of hydrogen-bond donors (Lipinski definition) is 3. The zero-order valence-corrected chi connectivity index (χ0v) is 42.5. The predicted molar refractivity (Wildman–Crippen MR) is 283 cm³/mol. The number of non-ortho nitro benzene ring substituents is 1. The highest BCUT2D eigenvalue weighted by Gasteiger charge is 2.76. The van der Waals surface area contributed by atoms with E-state index >= 15 is 19.2 Å². The lowest BCUT2D eigenvalue weighted by molar-refractivity contribution is -0.384. The van der Waals surface area contributed by atoms with Crippen molar-refractivity contribution in [3.63, 3.8) is 0 Å². The first-order chi connectivity index (χ1) is 38.4. The van der Waals surface area contributed by atoms with Gasteiger partial charge >= 0.3 is 18.1 Å². The van der Waals surface area contributed by atoms with Crippen LogP contribution in [0, 0.1) is 27.9 Å². The monoisotopic (exact) mass is 1070 g/mol. The van der Waals surface area contributed by atoms with Gasteiger partial charge in [-0.2, -0.15) is 0 Å². The van der Waals surface area contributed by atoms with Gasteiger partial charge in [-0.05, 0) is 88.0 Å². The van der Waals surface area contributed by atoms with Crippen LogP contribution in [0.25, 0.3) is 0 Å². The number of carbonyl (C=O) groups is 5. The molecule has 0 aliphatic carbocycles. The number of hydrogen-bond acceptors (Lipinski definition) is 15. The number of aliphatic hydroxyl groups is 1. The smallest absolute Gasteiger partial charge is 0.421 e. The van der Waals surface area contributed by atoms with E-state index in [1.807, 2.05) is 83.8 Å². The molecular formula is C59H53N7O13. The number of anilines is 1. The quantitative estimate of drug-likeness (QED) is 0.0515. The lowest BCUT2D eigenvalue weighted by Gasteiger charge is -2.46. The van der Waals surface area contributed by atoms with E-state index in [1.165, 1.54) is 30.3 Å². The molecule has 5 aliphatic rings. The maximum atomic E-state index is 16.8. The maximum absolute atomic E-state index is 16.8. The number of fused-ring (bicyclic) bond motifs is 4. The van der Waals surface area contributed by atoms with Crippen LogP contribution in [-0.4, -0.2) is 113 Å². The number of nitrogens with two attached hydrogens (primary N) is 1. The Kier molecular flexibility index (Phi) is 14.4. The number of nitro groups is 1. The molecule has 0 unspecified atom stereocenters. The molecule has 1 spiro atoms. The van der Waals surface area contributed by atoms with Crippen LogP contribution in [0.3, 0.4) is 0 Å². The molecule has 20 nitrogen and oxygen atoms in total. The first-order valence-corrected chi connectivity index (χ1v) is 25.7. The fourth-order valence-corrected chi connectivity index (χ4v) is 11.7. The van der Waals surface area contributed by atoms with Crippen LogP contribution in [0.2, 0.25) is 0 Å². The molecule has 79 heavy (non-hydrogen) atoms. The number of aliphatic hydroxyl groups excluding tert-OH is 1. The Morgan fingerprint density at radius 1 is 0.797 bits per heavy atom. The van der Waals surface area contributed by atoms with Gasteiger partial charge < -0.3 is 44.7 Å². The summed E-state index contributed by atoms with van der Waals surface area (Å²) in [6.07, 6.45) is -2.10. The third-order valence-electron chi connectivity index (χ3n) is 15.1. The van der Waals surface area contributed by atoms with Crippen molar-refractivity contribution in [1.82, 2.24) is 20.0 Å². The Hall–Kier alpha value is -9.29. The van der Waals surface area contributed by atoms with Crippen LogP contribution in [0.4, 0.5) is 21.0 Å². The molecule has 11 rings (SSSR count). The normalized spacial score (nSPS) is 22.1. The molecule has 3 saturated heterocycles. The third kappa shape index (κ3) is 9.79. The van der Waals surface area contributed by atoms with E-state index in [4.69, 9.17) is 29.4 Å². The highest BCUT2D eigenvalue weighted by atomic mass is 16.7. The van der Waals surface area contributed by atoms with Gasteiger partial charge in [0.2, 0.25) is 18.6 Å². The average Bonchev–Trinajstić information content (AvgIpc) is 4.04. The first kappa shape index (κ1) is 51.8. The van der Waals surface area contributed by atoms with Crippen LogP contribution in [0.15, 0.2) is 146 Å². The van der Waals surface area contributed by atoms with Crippen molar-refractivity contribution >= 4 is 41.3 Å². The minimum absolute atomic E-state index is 0.0102. The lowest BCUT2D eigenvalue weighted by Crippen LogP contribution is -2.59. The number of urea groups is 1. The second-order valence-electron chi connectivity index (χ2n) is 19.6. The van der Waals surface area contributed by atoms with Gasteiger partial charge in [0.15, 0.2) is 11.5 Å². The molecule has 3 fully saturated rings. The molecule has 6 atom stereocenters. The number of imide groups is 1. The van der Waals surface area contributed by atoms with E-state index in [0.717, 1.165) is 10.5 Å². The summed E-state index contributed by atoms with van der Waals surface area (Å²) < 4.78 is 29.6. The number of piperazine rings is 1. The Morgan fingerprint density at radius 3 is 2.19 bits per heavy atom. The molecule has 0 saturated carbocycles. The van der Waals surface area contributed by atoms with Gasteiger partial charge in [0.25, 0.3) is 5.69 Å². The van der Waals surface area contributed by atoms with Crippen LogP contribution in [0.1, 0.15) is 57.1 Å². The molecule has 6 aromatic rings. The number of carbonyl (C=O) groups excluding carboxylic acids is 5. The number of amides is 5. The number of esters is 1. The number of morpholine rings is 1. The average molecular weight is 1070 g/mol. The number of nitrogens with one attached hydrogen (secondary N) is 1. The molecule has 20 heteroatoms. The number of cyclic esters (lactones) is 1. The van der Waals surface area contributed by atoms with Crippen LogP contribution < -0.4 is 30.2 Å². The SMILES string of the molecule is NC(=O)NCC#Cc1ccc2c(c1)[C@]1(C(=O)N2C(=O)OCc2ccc([N+](=O)[O-])cc2)[C@H](c2ccc(OCCO)cc2)N2[C@H](c3ccccc3)[C@H](c3ccccc3)OC(=O)[C@H]2[C@@H]1C(=O)N1CCN(Cc2ccc3c(c2)OCO3)CC1. The van der Waals surface area contributed by atoms with Gasteiger partial charge in [-0.25, -0.2) is 14.5 Å². The van der Waals surface area contributed by atoms with Gasteiger partial charge in [-0.15, -0.1) is 0 Å². The Morgan fingerprint density at radius 2 is 1.49 bits per heavy atom. The van der Waals surface area contributed by atoms with E-state index in [0.29, 0.717) is 64.7 Å². The van der Waals surface area contributed by atoms with Crippen molar-refractivity contribution in [3.05, 3.63) is 195 Å². The summed E-state index contributed by atoms with van der Waals surface area (Å²) in [7, 11) is 0. The van der Waals surface area contributed by atoms with Crippen LogP contribution >= 0.6 is 0 Å². The van der Waals surface area contributed by atoms with Crippen molar-refractivity contribution in [2.75, 3.05) is 57.6 Å².